The van der Waals surface area contributed by atoms with Gasteiger partial charge in [-0.05, 0) is 49.6 Å². The molecular formula is C34H38N4O6S. The van der Waals surface area contributed by atoms with Gasteiger partial charge in [0.25, 0.3) is 5.91 Å². The van der Waals surface area contributed by atoms with E-state index < -0.39 is 28.2 Å². The summed E-state index contributed by atoms with van der Waals surface area (Å²) in [5.74, 6) is -0.580. The molecule has 10 nitrogen and oxygen atoms in total. The number of nitrogens with zero attached hydrogens (tertiary/aromatic N) is 2. The maximum atomic E-state index is 13.8. The maximum Gasteiger partial charge on any atom is 0.323 e. The lowest BCUT2D eigenvalue weighted by Gasteiger charge is -2.38. The van der Waals surface area contributed by atoms with Gasteiger partial charge >= 0.3 is 6.03 Å². The molecule has 0 unspecified atom stereocenters. The van der Waals surface area contributed by atoms with Crippen LogP contribution in [0.15, 0.2) is 89.8 Å². The van der Waals surface area contributed by atoms with Crippen LogP contribution in [0, 0.1) is 12.8 Å². The lowest BCUT2D eigenvalue weighted by Crippen LogP contribution is -2.50. The average Bonchev–Trinajstić information content (AvgIpc) is 3.03. The maximum absolute atomic E-state index is 13.8. The number of para-hydroxylation sites is 1. The first-order valence-electron chi connectivity index (χ1n) is 14.8. The summed E-state index contributed by atoms with van der Waals surface area (Å²) in [5, 5.41) is 17.5. The highest BCUT2D eigenvalue weighted by Gasteiger charge is 2.36. The summed E-state index contributed by atoms with van der Waals surface area (Å²) in [4.78, 5) is 28.8. The molecule has 0 saturated heterocycles. The van der Waals surface area contributed by atoms with Gasteiger partial charge < -0.3 is 25.4 Å². The van der Waals surface area contributed by atoms with Crippen LogP contribution >= 0.6 is 0 Å². The highest BCUT2D eigenvalue weighted by molar-refractivity contribution is 7.89. The largest absolute Gasteiger partial charge is 0.486 e. The van der Waals surface area contributed by atoms with Crippen LogP contribution in [0.3, 0.4) is 0 Å². The van der Waals surface area contributed by atoms with Crippen molar-refractivity contribution >= 4 is 44.1 Å². The number of rotatable bonds is 8. The van der Waals surface area contributed by atoms with Crippen molar-refractivity contribution in [2.45, 2.75) is 37.8 Å². The second kappa shape index (κ2) is 13.3. The third-order valence-corrected chi connectivity index (χ3v) is 9.98. The number of nitrogens with one attached hydrogen (secondary N) is 2. The number of ether oxygens (including phenoxy) is 1. The van der Waals surface area contributed by atoms with Gasteiger partial charge in [0.2, 0.25) is 10.0 Å². The molecule has 0 bridgehead atoms. The van der Waals surface area contributed by atoms with Gasteiger partial charge in [0.05, 0.1) is 41.0 Å². The second-order valence-corrected chi connectivity index (χ2v) is 13.6. The van der Waals surface area contributed by atoms with Crippen molar-refractivity contribution in [3.05, 3.63) is 96.1 Å². The highest BCUT2D eigenvalue weighted by Crippen LogP contribution is 2.35. The van der Waals surface area contributed by atoms with E-state index in [9.17, 15) is 23.1 Å². The molecule has 45 heavy (non-hydrogen) atoms. The number of carbonyl (C=O) groups is 2. The first kappa shape index (κ1) is 32.0. The molecule has 236 valence electrons. The van der Waals surface area contributed by atoms with Gasteiger partial charge in [0, 0.05) is 24.9 Å². The number of hydrogen-bond donors (Lipinski definition) is 3. The molecule has 11 heteroatoms. The topological polar surface area (TPSA) is 128 Å². The van der Waals surface area contributed by atoms with E-state index >= 15 is 0 Å². The summed E-state index contributed by atoms with van der Waals surface area (Å²) in [5.41, 5.74) is 1.99. The van der Waals surface area contributed by atoms with Crippen LogP contribution in [0.25, 0.3) is 10.8 Å². The number of urea groups is 1. The SMILES string of the molecule is Cc1ccc(S(=O)(=O)N(C)C[C@@H]2Oc3c(NC(=O)Nc4cccc5ccccc45)cccc3C(=O)N([C@H](C)CO)C[C@H]2C)cc1. The van der Waals surface area contributed by atoms with Gasteiger partial charge in [-0.25, -0.2) is 13.2 Å². The summed E-state index contributed by atoms with van der Waals surface area (Å²) < 4.78 is 34.7. The van der Waals surface area contributed by atoms with Gasteiger partial charge in [-0.3, -0.25) is 4.79 Å². The van der Waals surface area contributed by atoms with Gasteiger partial charge in [0.15, 0.2) is 5.75 Å². The van der Waals surface area contributed by atoms with E-state index in [1.807, 2.05) is 50.2 Å². The third-order valence-electron chi connectivity index (χ3n) is 8.14. The Balaban J connectivity index is 1.48. The minimum absolute atomic E-state index is 0.0249. The van der Waals surface area contributed by atoms with Crippen LogP contribution in [-0.2, 0) is 10.0 Å². The minimum Gasteiger partial charge on any atom is -0.486 e. The Labute approximate surface area is 263 Å². The fourth-order valence-electron chi connectivity index (χ4n) is 5.41. The number of anilines is 2. The van der Waals surface area contributed by atoms with E-state index in [1.165, 1.54) is 11.4 Å². The number of benzene rings is 4. The fourth-order valence-corrected chi connectivity index (χ4v) is 6.59. The Morgan fingerprint density at radius 2 is 1.64 bits per heavy atom. The standard InChI is InChI=1S/C34H38N4O6S/c1-22-15-17-26(18-16-22)45(42,43)37(4)20-31-23(2)19-38(24(3)21-39)33(40)28-12-8-14-30(32(28)44-31)36-34(41)35-29-13-7-10-25-9-5-6-11-27(25)29/h5-18,23-24,31,39H,19-21H2,1-4H3,(H2,35,36,41)/t23-,24-,31+/m1/s1. The van der Waals surface area contributed by atoms with E-state index in [0.29, 0.717) is 5.69 Å². The number of hydrogen-bond acceptors (Lipinski definition) is 6. The normalized spacial score (nSPS) is 17.6. The predicted octanol–water partition coefficient (Wildman–Crippen LogP) is 5.33. The molecule has 0 saturated carbocycles. The monoisotopic (exact) mass is 630 g/mol. The lowest BCUT2D eigenvalue weighted by molar-refractivity contribution is 0.0389. The molecule has 1 aliphatic rings. The van der Waals surface area contributed by atoms with Crippen molar-refractivity contribution in [3.8, 4) is 5.75 Å². The Bertz CT molecular complexity index is 1810. The predicted molar refractivity (Wildman–Crippen MR) is 175 cm³/mol. The van der Waals surface area contributed by atoms with Crippen LogP contribution in [0.5, 0.6) is 5.75 Å². The third kappa shape index (κ3) is 6.80. The number of aryl methyl sites for hydroxylation is 1. The van der Waals surface area contributed by atoms with Crippen LogP contribution < -0.4 is 15.4 Å². The molecule has 0 spiro atoms. The quantitative estimate of drug-likeness (QED) is 0.241. The number of carbonyl (C=O) groups excluding carboxylic acids is 2. The Kier molecular flexibility index (Phi) is 9.42. The number of aliphatic hydroxyl groups excluding tert-OH is 1. The summed E-state index contributed by atoms with van der Waals surface area (Å²) >= 11 is 0. The molecular weight excluding hydrogens is 592 g/mol. The van der Waals surface area contributed by atoms with E-state index in [2.05, 4.69) is 10.6 Å². The molecule has 0 aromatic heterocycles. The number of aliphatic hydroxyl groups is 1. The van der Waals surface area contributed by atoms with Gasteiger partial charge in [-0.15, -0.1) is 0 Å². The molecule has 1 heterocycles. The van der Waals surface area contributed by atoms with Crippen molar-refractivity contribution in [2.24, 2.45) is 5.92 Å². The van der Waals surface area contributed by atoms with Crippen molar-refractivity contribution in [2.75, 3.05) is 37.4 Å². The van der Waals surface area contributed by atoms with Crippen LogP contribution in [0.2, 0.25) is 0 Å². The van der Waals surface area contributed by atoms with Gasteiger partial charge in [-0.1, -0.05) is 67.1 Å². The first-order chi connectivity index (χ1) is 21.5. The van der Waals surface area contributed by atoms with Crippen molar-refractivity contribution in [3.63, 3.8) is 0 Å². The van der Waals surface area contributed by atoms with Crippen molar-refractivity contribution in [1.29, 1.82) is 0 Å². The summed E-state index contributed by atoms with van der Waals surface area (Å²) in [6, 6.07) is 23.7. The summed E-state index contributed by atoms with van der Waals surface area (Å²) in [6.07, 6.45) is -0.709. The molecule has 4 aromatic carbocycles. The number of sulfonamides is 1. The molecule has 3 atom stereocenters. The molecule has 5 rings (SSSR count). The Morgan fingerprint density at radius 3 is 2.38 bits per heavy atom. The first-order valence-corrected chi connectivity index (χ1v) is 16.2. The molecule has 3 N–H and O–H groups in total. The summed E-state index contributed by atoms with van der Waals surface area (Å²) in [6.45, 7) is 5.44. The zero-order valence-corrected chi connectivity index (χ0v) is 26.5. The van der Waals surface area contributed by atoms with Gasteiger partial charge in [0.1, 0.15) is 6.10 Å². The molecule has 4 aromatic rings. The van der Waals surface area contributed by atoms with Gasteiger partial charge in [-0.2, -0.15) is 4.31 Å². The number of likely N-dealkylation sites (N-methyl/N-ethyl adjacent to an activating group) is 1. The highest BCUT2D eigenvalue weighted by atomic mass is 32.2. The second-order valence-electron chi connectivity index (χ2n) is 11.5. The van der Waals surface area contributed by atoms with Crippen molar-refractivity contribution in [1.82, 2.24) is 9.21 Å². The summed E-state index contributed by atoms with van der Waals surface area (Å²) in [7, 11) is -2.36. The van der Waals surface area contributed by atoms with Crippen molar-refractivity contribution < 1.29 is 27.9 Å². The van der Waals surface area contributed by atoms with E-state index in [4.69, 9.17) is 4.74 Å². The molecule has 0 aliphatic carbocycles. The smallest absolute Gasteiger partial charge is 0.323 e. The molecule has 1 aliphatic heterocycles. The Hall–Kier alpha value is -4.45. The van der Waals surface area contributed by atoms with E-state index in [1.54, 1.807) is 60.4 Å². The molecule has 0 radical (unpaired) electrons. The van der Waals surface area contributed by atoms with Crippen LogP contribution in [-0.4, -0.2) is 73.6 Å². The number of amides is 3. The Morgan fingerprint density at radius 1 is 1.00 bits per heavy atom. The van der Waals surface area contributed by atoms with E-state index in [-0.39, 0.29) is 53.4 Å². The van der Waals surface area contributed by atoms with Crippen LogP contribution in [0.4, 0.5) is 16.2 Å². The molecule has 3 amide bonds. The average molecular weight is 631 g/mol. The molecule has 0 fully saturated rings. The zero-order valence-electron chi connectivity index (χ0n) is 25.7. The number of fused-ring (bicyclic) bond motifs is 2. The van der Waals surface area contributed by atoms with E-state index in [0.717, 1.165) is 16.3 Å². The zero-order chi connectivity index (χ0) is 32.3. The lowest BCUT2D eigenvalue weighted by atomic mass is 9.99. The minimum atomic E-state index is -3.85. The van der Waals surface area contributed by atoms with Crippen LogP contribution in [0.1, 0.15) is 29.8 Å². The fraction of sp³-hybridized carbons (Fsp3) is 0.294.